The van der Waals surface area contributed by atoms with Gasteiger partial charge in [-0.1, -0.05) is 30.3 Å². The monoisotopic (exact) mass is 523 g/mol. The van der Waals surface area contributed by atoms with E-state index in [2.05, 4.69) is 9.88 Å². The van der Waals surface area contributed by atoms with E-state index in [0.717, 1.165) is 40.9 Å². The number of halogens is 2. The van der Waals surface area contributed by atoms with Crippen LogP contribution in [0.4, 0.5) is 4.39 Å². The van der Waals surface area contributed by atoms with Gasteiger partial charge in [0.25, 0.3) is 5.91 Å². The Morgan fingerprint density at radius 1 is 1.05 bits per heavy atom. The Hall–Kier alpha value is -3.39. The number of hydrogen-bond acceptors (Lipinski definition) is 4. The molecule has 2 heterocycles. The molecule has 1 aliphatic rings. The van der Waals surface area contributed by atoms with E-state index in [1.165, 1.54) is 6.07 Å². The van der Waals surface area contributed by atoms with Gasteiger partial charge in [0.05, 0.1) is 17.7 Å². The molecule has 0 bridgehead atoms. The molecule has 5 rings (SSSR count). The van der Waals surface area contributed by atoms with Crippen molar-refractivity contribution in [2.75, 3.05) is 39.4 Å². The van der Waals surface area contributed by atoms with Crippen LogP contribution >= 0.6 is 12.4 Å². The molecule has 3 aromatic carbocycles. The van der Waals surface area contributed by atoms with Crippen molar-refractivity contribution in [3.05, 3.63) is 94.9 Å². The van der Waals surface area contributed by atoms with Gasteiger partial charge in [-0.2, -0.15) is 0 Å². The van der Waals surface area contributed by atoms with Crippen molar-refractivity contribution >= 4 is 29.2 Å². The summed E-state index contributed by atoms with van der Waals surface area (Å²) >= 11 is 0. The first-order chi connectivity index (χ1) is 17.6. The van der Waals surface area contributed by atoms with Gasteiger partial charge in [-0.05, 0) is 48.4 Å². The van der Waals surface area contributed by atoms with Crippen LogP contribution in [0.3, 0.4) is 0 Å². The van der Waals surface area contributed by atoms with Crippen molar-refractivity contribution in [2.45, 2.75) is 13.3 Å². The maximum absolute atomic E-state index is 14.5. The van der Waals surface area contributed by atoms with Gasteiger partial charge < -0.3 is 24.6 Å². The van der Waals surface area contributed by atoms with E-state index in [9.17, 15) is 14.3 Å². The molecule has 4 aromatic rings. The number of para-hydroxylation sites is 1. The predicted octanol–water partition coefficient (Wildman–Crippen LogP) is 4.51. The van der Waals surface area contributed by atoms with Gasteiger partial charge in [-0.25, -0.2) is 4.39 Å². The number of rotatable bonds is 7. The standard InChI is InChI=1S/C29H30FN3O3.ClH/c1-20-21(6-5-9-25(20)30)18-27-28(29(35)32-14-12-31-13-15-32)24-11-10-23(36-17-16-34)19-26(24)33(27)22-7-3-2-4-8-22;/h2-11,19,31,34H,12-18H2,1H3;1H. The molecule has 194 valence electrons. The number of carbonyl (C=O) groups is 1. The maximum atomic E-state index is 14.5. The number of hydrogen-bond donors (Lipinski definition) is 2. The molecule has 0 radical (unpaired) electrons. The molecule has 1 amide bonds. The van der Waals surface area contributed by atoms with Crippen molar-refractivity contribution in [1.82, 2.24) is 14.8 Å². The third-order valence-corrected chi connectivity index (χ3v) is 6.77. The van der Waals surface area contributed by atoms with Crippen LogP contribution in [-0.2, 0) is 6.42 Å². The van der Waals surface area contributed by atoms with Crippen molar-refractivity contribution in [3.63, 3.8) is 0 Å². The summed E-state index contributed by atoms with van der Waals surface area (Å²) in [5.41, 5.74) is 4.60. The molecular weight excluding hydrogens is 493 g/mol. The summed E-state index contributed by atoms with van der Waals surface area (Å²) in [5, 5.41) is 13.4. The van der Waals surface area contributed by atoms with Crippen LogP contribution in [0.5, 0.6) is 5.75 Å². The van der Waals surface area contributed by atoms with Crippen LogP contribution in [0.25, 0.3) is 16.6 Å². The Labute approximate surface area is 222 Å². The molecule has 0 aliphatic carbocycles. The van der Waals surface area contributed by atoms with Gasteiger partial charge in [0.2, 0.25) is 0 Å². The second kappa shape index (κ2) is 11.8. The summed E-state index contributed by atoms with van der Waals surface area (Å²) in [6.45, 7) is 4.63. The van der Waals surface area contributed by atoms with E-state index in [0.29, 0.717) is 36.4 Å². The number of piperazine rings is 1. The van der Waals surface area contributed by atoms with Crippen LogP contribution in [0.15, 0.2) is 66.7 Å². The molecular formula is C29H31ClFN3O3. The van der Waals surface area contributed by atoms with E-state index in [1.807, 2.05) is 59.5 Å². The molecule has 2 N–H and O–H groups in total. The zero-order valence-corrected chi connectivity index (χ0v) is 21.6. The van der Waals surface area contributed by atoms with Gasteiger partial charge in [0.1, 0.15) is 18.2 Å². The number of benzene rings is 3. The molecule has 1 fully saturated rings. The molecule has 0 spiro atoms. The second-order valence-corrected chi connectivity index (χ2v) is 8.99. The zero-order chi connectivity index (χ0) is 25.1. The zero-order valence-electron chi connectivity index (χ0n) is 20.7. The number of aromatic nitrogens is 1. The molecule has 8 heteroatoms. The first-order valence-corrected chi connectivity index (χ1v) is 12.3. The number of amides is 1. The highest BCUT2D eigenvalue weighted by Crippen LogP contribution is 2.35. The SMILES string of the molecule is Cc1c(F)cccc1Cc1c(C(=O)N2CCNCC2)c2ccc(OCCO)cc2n1-c1ccccc1.Cl. The fourth-order valence-corrected chi connectivity index (χ4v) is 4.90. The number of carbonyl (C=O) groups excluding carboxylic acids is 1. The molecule has 37 heavy (non-hydrogen) atoms. The number of nitrogens with one attached hydrogen (secondary N) is 1. The molecule has 0 atom stereocenters. The lowest BCUT2D eigenvalue weighted by Crippen LogP contribution is -2.46. The third-order valence-electron chi connectivity index (χ3n) is 6.77. The highest BCUT2D eigenvalue weighted by Gasteiger charge is 2.28. The van der Waals surface area contributed by atoms with Crippen LogP contribution in [0, 0.1) is 12.7 Å². The average molecular weight is 524 g/mol. The first kappa shape index (κ1) is 26.7. The number of nitrogens with zero attached hydrogens (tertiary/aromatic N) is 2. The van der Waals surface area contributed by atoms with Gasteiger partial charge >= 0.3 is 0 Å². The summed E-state index contributed by atoms with van der Waals surface area (Å²) in [7, 11) is 0. The van der Waals surface area contributed by atoms with Crippen molar-refractivity contribution in [2.24, 2.45) is 0 Å². The average Bonchev–Trinajstić information content (AvgIpc) is 3.23. The topological polar surface area (TPSA) is 66.7 Å². The van der Waals surface area contributed by atoms with E-state index in [-0.39, 0.29) is 37.3 Å². The predicted molar refractivity (Wildman–Crippen MR) is 146 cm³/mol. The molecule has 1 aliphatic heterocycles. The summed E-state index contributed by atoms with van der Waals surface area (Å²) < 4.78 is 22.3. The van der Waals surface area contributed by atoms with Crippen LogP contribution in [0.2, 0.25) is 0 Å². The summed E-state index contributed by atoms with van der Waals surface area (Å²) in [4.78, 5) is 15.9. The Morgan fingerprint density at radius 3 is 2.54 bits per heavy atom. The van der Waals surface area contributed by atoms with Gasteiger partial charge in [-0.3, -0.25) is 4.79 Å². The minimum absolute atomic E-state index is 0. The van der Waals surface area contributed by atoms with E-state index < -0.39 is 0 Å². The minimum atomic E-state index is -0.260. The summed E-state index contributed by atoms with van der Waals surface area (Å²) in [6, 6.07) is 20.6. The third kappa shape index (κ3) is 5.34. The van der Waals surface area contributed by atoms with E-state index >= 15 is 0 Å². The molecule has 1 aromatic heterocycles. The van der Waals surface area contributed by atoms with Gasteiger partial charge in [-0.15, -0.1) is 12.4 Å². The van der Waals surface area contributed by atoms with E-state index in [4.69, 9.17) is 4.74 Å². The fraction of sp³-hybridized carbons (Fsp3) is 0.276. The lowest BCUT2D eigenvalue weighted by molar-refractivity contribution is 0.0736. The Kier molecular flexibility index (Phi) is 8.48. The van der Waals surface area contributed by atoms with Gasteiger partial charge in [0, 0.05) is 55.4 Å². The lowest BCUT2D eigenvalue weighted by atomic mass is 9.99. The summed E-state index contributed by atoms with van der Waals surface area (Å²) in [6.07, 6.45) is 0.396. The number of ether oxygens (including phenoxy) is 1. The quantitative estimate of drug-likeness (QED) is 0.374. The van der Waals surface area contributed by atoms with Gasteiger partial charge in [0.15, 0.2) is 0 Å². The van der Waals surface area contributed by atoms with Crippen LogP contribution in [0.1, 0.15) is 27.2 Å². The Morgan fingerprint density at radius 2 is 1.81 bits per heavy atom. The smallest absolute Gasteiger partial charge is 0.256 e. The lowest BCUT2D eigenvalue weighted by Gasteiger charge is -2.28. The highest BCUT2D eigenvalue weighted by atomic mass is 35.5. The number of aliphatic hydroxyl groups excluding tert-OH is 1. The normalized spacial score (nSPS) is 13.4. The fourth-order valence-electron chi connectivity index (χ4n) is 4.90. The van der Waals surface area contributed by atoms with Crippen LogP contribution in [-0.4, -0.2) is 59.9 Å². The van der Waals surface area contributed by atoms with E-state index in [1.54, 1.807) is 13.0 Å². The molecule has 0 saturated carbocycles. The largest absolute Gasteiger partial charge is 0.491 e. The number of fused-ring (bicyclic) bond motifs is 1. The van der Waals surface area contributed by atoms with Crippen molar-refractivity contribution in [3.8, 4) is 11.4 Å². The molecule has 0 unspecified atom stereocenters. The first-order valence-electron chi connectivity index (χ1n) is 12.3. The molecule has 6 nitrogen and oxygen atoms in total. The molecule has 1 saturated heterocycles. The minimum Gasteiger partial charge on any atom is -0.491 e. The van der Waals surface area contributed by atoms with Crippen molar-refractivity contribution < 1.29 is 19.0 Å². The second-order valence-electron chi connectivity index (χ2n) is 8.99. The van der Waals surface area contributed by atoms with Crippen molar-refractivity contribution in [1.29, 1.82) is 0 Å². The Bertz CT molecular complexity index is 1380. The number of aliphatic hydroxyl groups is 1. The highest BCUT2D eigenvalue weighted by molar-refractivity contribution is 6.09. The maximum Gasteiger partial charge on any atom is 0.256 e. The summed E-state index contributed by atoms with van der Waals surface area (Å²) in [5.74, 6) is 0.328. The Balaban J connectivity index is 0.00000320. The van der Waals surface area contributed by atoms with Crippen LogP contribution < -0.4 is 10.1 Å².